The molecule has 0 radical (unpaired) electrons. The minimum Gasteiger partial charge on any atom is -0.495 e. The molecule has 9 atom stereocenters. The van der Waals surface area contributed by atoms with Gasteiger partial charge in [-0.1, -0.05) is 75.2 Å². The van der Waals surface area contributed by atoms with E-state index in [1.807, 2.05) is 25.2 Å². The Kier molecular flexibility index (Phi) is 29.0. The van der Waals surface area contributed by atoms with E-state index in [9.17, 15) is 53.1 Å². The van der Waals surface area contributed by atoms with Crippen molar-refractivity contribution >= 4 is 90.2 Å². The number of urea groups is 1. The maximum Gasteiger partial charge on any atom is 0.409 e. The quantitative estimate of drug-likeness (QED) is 0.0319. The van der Waals surface area contributed by atoms with Crippen molar-refractivity contribution in [2.45, 2.75) is 148 Å². The number of halogens is 1. The Morgan fingerprint density at radius 3 is 2.28 bits per heavy atom. The van der Waals surface area contributed by atoms with Crippen molar-refractivity contribution in [1.82, 2.24) is 31.1 Å². The summed E-state index contributed by atoms with van der Waals surface area (Å²) in [6.45, 7) is 8.00. The number of hydrogen-bond acceptors (Lipinski definition) is 16. The van der Waals surface area contributed by atoms with Gasteiger partial charge in [0.05, 0.1) is 43.2 Å². The Bertz CT molecular complexity index is 2800. The number of unbranched alkanes of at least 4 members (excludes halogenated alkanes) is 1. The minimum absolute atomic E-state index is 0.0189. The Morgan fingerprint density at radius 2 is 1.63 bits per heavy atom. The van der Waals surface area contributed by atoms with Crippen molar-refractivity contribution in [3.8, 4) is 5.75 Å². The largest absolute Gasteiger partial charge is 0.495 e. The lowest BCUT2D eigenvalue weighted by atomic mass is 9.82. The Morgan fingerprint density at radius 1 is 0.943 bits per heavy atom. The summed E-state index contributed by atoms with van der Waals surface area (Å²) >= 11 is 6.80. The average molecular weight is 1240 g/mol. The summed E-state index contributed by atoms with van der Waals surface area (Å²) in [4.78, 5) is 134. The first-order valence-corrected chi connectivity index (χ1v) is 29.5. The van der Waals surface area contributed by atoms with E-state index >= 15 is 0 Å². The number of allylic oxidation sites excluding steroid dienone is 3. The van der Waals surface area contributed by atoms with Crippen LogP contribution in [0.4, 0.5) is 25.8 Å². The molecule has 2 aromatic carbocycles. The fraction of sp³-hybridized carbons (Fsp3) is 0.567. The summed E-state index contributed by atoms with van der Waals surface area (Å²) in [6, 6.07) is 6.54. The first-order valence-electron chi connectivity index (χ1n) is 29.1. The monoisotopic (exact) mass is 1240 g/mol. The van der Waals surface area contributed by atoms with Crippen LogP contribution >= 0.6 is 11.6 Å². The molecule has 0 spiro atoms. The van der Waals surface area contributed by atoms with Crippen LogP contribution in [-0.4, -0.2) is 180 Å². The number of hydrogen-bond donors (Lipinski definition) is 7. The first-order chi connectivity index (χ1) is 41.1. The van der Waals surface area contributed by atoms with Gasteiger partial charge in [-0.15, -0.1) is 0 Å². The number of nitrogens with one attached hydrogen (secondary N) is 5. The van der Waals surface area contributed by atoms with E-state index in [-0.39, 0.29) is 74.3 Å². The number of fused-ring (bicyclic) bond motifs is 4. The molecule has 2 aliphatic rings. The standard InChI is InChI=1S/C60H87BClN9O16/c1-34(2)54(68-49(73)19-12-11-18-48(61)72)57(79)66-41(16-14-25-64-58(63)80)56(78)65-40-22-20-38(21-23-40)33-85-60(82)69(6)26-24-50(74)70(7)32-52(76)86-46-31-51(75)71(8)43-28-39(29-47(84-10)53(43)62)27-35(3)15-13-17-44(83-9)42-30-45(87-59(81)67-42)36(4)55(77)37(46)5/h13,15,17,20-23,28-29,34,36-37,41-42,44-46,54-55,77H,11-12,14,16,18-19,24-27,30-33,61H2,1-10H3,(H,65,78)(H,66,79)(H,67,81)(H,68,73)(H3,63,64,80)/b17-13+,35-15+/t36-,37-,41+,42?,44-,45+,46+,54+,55+/m1/s1. The number of rotatable bonds is 25. The van der Waals surface area contributed by atoms with E-state index < -0.39 is 115 Å². The second kappa shape index (κ2) is 35.2. The third-order valence-corrected chi connectivity index (χ3v) is 15.6. The molecule has 0 aromatic heterocycles. The van der Waals surface area contributed by atoms with Crippen LogP contribution in [-0.2, 0) is 65.5 Å². The number of esters is 1. The van der Waals surface area contributed by atoms with Crippen LogP contribution in [0.2, 0.25) is 5.02 Å². The van der Waals surface area contributed by atoms with Crippen LogP contribution in [0, 0.1) is 17.8 Å². The molecule has 8 N–H and O–H groups in total. The van der Waals surface area contributed by atoms with Crippen LogP contribution in [0.3, 0.4) is 0 Å². The molecular weight excluding hydrogens is 1150 g/mol. The topological polar surface area (TPSA) is 333 Å². The number of amides is 9. The highest BCUT2D eigenvalue weighted by atomic mass is 35.5. The molecule has 4 bridgehead atoms. The van der Waals surface area contributed by atoms with Gasteiger partial charge in [-0.25, -0.2) is 14.4 Å². The lowest BCUT2D eigenvalue weighted by molar-refractivity contribution is -0.160. The fourth-order valence-electron chi connectivity index (χ4n) is 9.83. The lowest BCUT2D eigenvalue weighted by Gasteiger charge is -2.39. The number of alkyl carbamates (subject to hydrolysis) is 1. The molecule has 25 nitrogen and oxygen atoms in total. The number of nitrogens with two attached hydrogens (primary N) is 1. The maximum absolute atomic E-state index is 14.3. The zero-order valence-electron chi connectivity index (χ0n) is 51.7. The summed E-state index contributed by atoms with van der Waals surface area (Å²) in [7, 11) is 8.77. The zero-order valence-corrected chi connectivity index (χ0v) is 52.5. The van der Waals surface area contributed by atoms with Crippen molar-refractivity contribution in [2.24, 2.45) is 23.5 Å². The van der Waals surface area contributed by atoms with E-state index in [1.54, 1.807) is 64.1 Å². The summed E-state index contributed by atoms with van der Waals surface area (Å²) in [5, 5.41) is 25.6. The normalized spacial score (nSPS) is 21.5. The smallest absolute Gasteiger partial charge is 0.409 e. The minimum atomic E-state index is -1.29. The van der Waals surface area contributed by atoms with Crippen LogP contribution in [0.25, 0.3) is 0 Å². The number of primary amides is 1. The Hall–Kier alpha value is -7.71. The van der Waals surface area contributed by atoms with Crippen LogP contribution < -0.4 is 42.0 Å². The van der Waals surface area contributed by atoms with Gasteiger partial charge < -0.3 is 80.6 Å². The number of aliphatic hydroxyl groups excluding tert-OH is 1. The average Bonchev–Trinajstić information content (AvgIpc) is 3.35. The van der Waals surface area contributed by atoms with Gasteiger partial charge in [0.1, 0.15) is 48.2 Å². The first kappa shape index (κ1) is 71.8. The molecule has 1 saturated heterocycles. The molecule has 27 heteroatoms. The summed E-state index contributed by atoms with van der Waals surface area (Å²) in [5.74, 6) is -5.17. The molecule has 2 aromatic rings. The number of benzene rings is 2. The molecule has 1 fully saturated rings. The highest BCUT2D eigenvalue weighted by molar-refractivity contribution is 6.57. The molecule has 0 saturated carbocycles. The fourth-order valence-corrected chi connectivity index (χ4v) is 10.1. The number of ether oxygens (including phenoxy) is 5. The van der Waals surface area contributed by atoms with Gasteiger partial charge in [0.25, 0.3) is 0 Å². The van der Waals surface area contributed by atoms with Crippen LogP contribution in [0.1, 0.15) is 104 Å². The molecule has 2 heterocycles. The maximum atomic E-state index is 14.3. The number of methoxy groups -OCH3 is 2. The third-order valence-electron chi connectivity index (χ3n) is 15.2. The van der Waals surface area contributed by atoms with Gasteiger partial charge in [-0.05, 0) is 86.8 Å². The van der Waals surface area contributed by atoms with Gasteiger partial charge in [0.2, 0.25) is 29.5 Å². The molecule has 1 unspecified atom stereocenters. The van der Waals surface area contributed by atoms with Gasteiger partial charge in [-0.3, -0.25) is 28.8 Å². The second-order valence-corrected chi connectivity index (χ2v) is 23.0. The van der Waals surface area contributed by atoms with Gasteiger partial charge in [0.15, 0.2) is 7.85 Å². The third kappa shape index (κ3) is 23.2. The van der Waals surface area contributed by atoms with Gasteiger partial charge >= 0.3 is 24.2 Å². The predicted octanol–water partition coefficient (Wildman–Crippen LogP) is 4.04. The lowest BCUT2D eigenvalue weighted by Crippen LogP contribution is -2.54. The van der Waals surface area contributed by atoms with E-state index in [1.165, 1.54) is 53.0 Å². The van der Waals surface area contributed by atoms with E-state index in [4.69, 9.17) is 41.0 Å². The number of aliphatic hydroxyl groups is 1. The molecule has 2 aliphatic heterocycles. The zero-order chi connectivity index (χ0) is 64.7. The molecule has 9 amide bonds. The number of carbonyl (C=O) groups excluding carboxylic acids is 10. The van der Waals surface area contributed by atoms with Crippen molar-refractivity contribution < 1.29 is 76.7 Å². The molecule has 0 aliphatic carbocycles. The highest BCUT2D eigenvalue weighted by Crippen LogP contribution is 2.38. The predicted molar refractivity (Wildman–Crippen MR) is 327 cm³/mol. The SMILES string of the molecule is BC(=O)CCCCC(=O)N[C@H](C(=O)N[C@@H](CCCNC(N)=O)C(=O)Nc1ccc(COC(=O)N(C)CCC(=O)N(C)CC(=O)O[C@H]2CC(=O)N(C)c3cc(cc(OC)c3Cl)C/C(C)=C/C=C/[C@@H](OC)C3C[C@H](OC(=O)N3)[C@@H](C)[C@H](O)[C@@H]2C)cc1)C(C)C. The Labute approximate surface area is 514 Å². The molecular formula is C60H87BClN9O16. The number of carbonyl (C=O) groups is 10. The van der Waals surface area contributed by atoms with Crippen molar-refractivity contribution in [3.05, 3.63) is 76.3 Å². The second-order valence-electron chi connectivity index (χ2n) is 22.6. The molecule has 4 rings (SSSR count). The van der Waals surface area contributed by atoms with Gasteiger partial charge in [0, 0.05) is 78.1 Å². The molecule has 87 heavy (non-hydrogen) atoms. The van der Waals surface area contributed by atoms with E-state index in [0.717, 1.165) is 16.0 Å². The van der Waals surface area contributed by atoms with Gasteiger partial charge in [-0.2, -0.15) is 0 Å². The van der Waals surface area contributed by atoms with Crippen molar-refractivity contribution in [2.75, 3.05) is 65.2 Å². The van der Waals surface area contributed by atoms with Crippen molar-refractivity contribution in [3.63, 3.8) is 0 Å². The van der Waals surface area contributed by atoms with E-state index in [0.29, 0.717) is 48.4 Å². The number of likely N-dealkylation sites (N-methyl/N-ethyl adjacent to an activating group) is 1. The summed E-state index contributed by atoms with van der Waals surface area (Å²) in [5.41, 5.74) is 8.15. The number of anilines is 2. The van der Waals surface area contributed by atoms with Crippen molar-refractivity contribution in [1.29, 1.82) is 0 Å². The molecule has 478 valence electrons. The summed E-state index contributed by atoms with van der Waals surface area (Å²) < 4.78 is 28.5. The summed E-state index contributed by atoms with van der Waals surface area (Å²) in [6.07, 6.45) is 2.05. The van der Waals surface area contributed by atoms with Crippen LogP contribution in [0.15, 0.2) is 60.2 Å². The number of nitrogens with zero attached hydrogens (tertiary/aromatic N) is 3. The Balaban J connectivity index is 1.38. The highest BCUT2D eigenvalue weighted by Gasteiger charge is 2.42. The van der Waals surface area contributed by atoms with E-state index in [2.05, 4.69) is 26.6 Å². The van der Waals surface area contributed by atoms with Crippen LogP contribution in [0.5, 0.6) is 5.75 Å².